The van der Waals surface area contributed by atoms with Crippen LogP contribution < -0.4 is 20.7 Å². The summed E-state index contributed by atoms with van der Waals surface area (Å²) in [7, 11) is 0. The van der Waals surface area contributed by atoms with Gasteiger partial charge in [-0.25, -0.2) is 4.39 Å². The van der Waals surface area contributed by atoms with E-state index >= 15 is 0 Å². The van der Waals surface area contributed by atoms with E-state index in [1.165, 1.54) is 43.9 Å². The van der Waals surface area contributed by atoms with Crippen LogP contribution in [0.3, 0.4) is 0 Å². The second-order valence-electron chi connectivity index (χ2n) is 11.6. The zero-order chi connectivity index (χ0) is 26.1. The second-order valence-corrected chi connectivity index (χ2v) is 12.0. The van der Waals surface area contributed by atoms with Crippen molar-refractivity contribution in [3.63, 3.8) is 0 Å². The minimum absolute atomic E-state index is 0.00965. The lowest BCUT2D eigenvalue weighted by atomic mass is 9.44. The zero-order valence-corrected chi connectivity index (χ0v) is 22.4. The number of benzene rings is 1. The molecule has 9 heteroatoms. The van der Waals surface area contributed by atoms with E-state index in [1.54, 1.807) is 0 Å². The highest BCUT2D eigenvalue weighted by molar-refractivity contribution is 6.30. The van der Waals surface area contributed by atoms with Gasteiger partial charge in [0.15, 0.2) is 6.61 Å². The smallest absolute Gasteiger partial charge is 0.258 e. The van der Waals surface area contributed by atoms with Crippen molar-refractivity contribution in [2.24, 2.45) is 11.3 Å². The molecule has 2 bridgehead atoms. The Hall–Kier alpha value is -1.90. The van der Waals surface area contributed by atoms with Gasteiger partial charge in [-0.1, -0.05) is 37.3 Å². The first-order chi connectivity index (χ1) is 17.8. The monoisotopic (exact) mass is 535 g/mol. The Morgan fingerprint density at radius 1 is 1.08 bits per heavy atom. The summed E-state index contributed by atoms with van der Waals surface area (Å²) in [5.74, 6) is -0.143. The molecular weight excluding hydrogens is 497 g/mol. The molecule has 1 aliphatic heterocycles. The van der Waals surface area contributed by atoms with E-state index in [-0.39, 0.29) is 46.5 Å². The van der Waals surface area contributed by atoms with Crippen LogP contribution in [0.5, 0.6) is 5.75 Å². The highest BCUT2D eigenvalue weighted by Crippen LogP contribution is 2.61. The van der Waals surface area contributed by atoms with Gasteiger partial charge in [0.25, 0.3) is 5.91 Å². The second kappa shape index (κ2) is 10.7. The third kappa shape index (κ3) is 5.21. The molecule has 204 valence electrons. The molecule has 7 nitrogen and oxygen atoms in total. The standard InChI is InChI=1S/C28H39ClFN3O4/c1-2-36-25-28(12-7-13-31-25,19-8-5-3-4-6-9-19)24(35)33-27-16-26(17-27,18-27)32-23(34)15-37-20-10-11-21(29)22(30)14-20/h10-11,14,19,25,31H,2-9,12-13,15-18H2,1H3,(H,32,34)(H,33,35). The first-order valence-corrected chi connectivity index (χ1v) is 14.2. The molecule has 3 N–H and O–H groups in total. The molecule has 37 heavy (non-hydrogen) atoms. The number of amides is 2. The minimum Gasteiger partial charge on any atom is -0.484 e. The van der Waals surface area contributed by atoms with Crippen molar-refractivity contribution in [3.05, 3.63) is 29.0 Å². The molecule has 4 aliphatic carbocycles. The molecule has 0 spiro atoms. The number of carbonyl (C=O) groups excluding carboxylic acids is 2. The Kier molecular flexibility index (Phi) is 7.72. The first kappa shape index (κ1) is 26.7. The van der Waals surface area contributed by atoms with Gasteiger partial charge >= 0.3 is 0 Å². The Morgan fingerprint density at radius 2 is 1.78 bits per heavy atom. The SMILES string of the molecule is CCOC1NCCCC1(C(=O)NC12CC(NC(=O)COc3ccc(Cl)c(F)c3)(C1)C2)C1CCCCCC1. The third-order valence-corrected chi connectivity index (χ3v) is 9.29. The number of carbonyl (C=O) groups is 2. The maximum Gasteiger partial charge on any atom is 0.258 e. The summed E-state index contributed by atoms with van der Waals surface area (Å²) < 4.78 is 25.2. The number of hydrogen-bond donors (Lipinski definition) is 3. The fourth-order valence-electron chi connectivity index (χ4n) is 7.39. The Balaban J connectivity index is 1.19. The van der Waals surface area contributed by atoms with E-state index in [0.717, 1.165) is 51.5 Å². The van der Waals surface area contributed by atoms with Gasteiger partial charge in [0, 0.05) is 23.8 Å². The molecule has 2 atom stereocenters. The largest absolute Gasteiger partial charge is 0.484 e. The van der Waals surface area contributed by atoms with Gasteiger partial charge in [-0.05, 0) is 76.5 Å². The number of piperidine rings is 1. The van der Waals surface area contributed by atoms with Crippen molar-refractivity contribution in [2.75, 3.05) is 19.8 Å². The van der Waals surface area contributed by atoms with Gasteiger partial charge in [-0.3, -0.25) is 14.9 Å². The van der Waals surface area contributed by atoms with Crippen molar-refractivity contribution in [1.82, 2.24) is 16.0 Å². The predicted octanol–water partition coefficient (Wildman–Crippen LogP) is 4.47. The molecule has 1 aromatic carbocycles. The summed E-state index contributed by atoms with van der Waals surface area (Å²) in [4.78, 5) is 26.6. The summed E-state index contributed by atoms with van der Waals surface area (Å²) in [6, 6.07) is 4.10. The van der Waals surface area contributed by atoms with Gasteiger partial charge in [0.05, 0.1) is 10.4 Å². The van der Waals surface area contributed by atoms with Crippen LogP contribution in [-0.4, -0.2) is 48.9 Å². The fourth-order valence-corrected chi connectivity index (χ4v) is 7.51. The summed E-state index contributed by atoms with van der Waals surface area (Å²) in [5, 5.41) is 10.1. The molecule has 1 heterocycles. The van der Waals surface area contributed by atoms with Crippen LogP contribution in [0.15, 0.2) is 18.2 Å². The lowest BCUT2D eigenvalue weighted by molar-refractivity contribution is -0.174. The first-order valence-electron chi connectivity index (χ1n) is 13.9. The molecule has 5 fully saturated rings. The lowest BCUT2D eigenvalue weighted by Gasteiger charge is -2.71. The Morgan fingerprint density at radius 3 is 2.46 bits per heavy atom. The maximum absolute atomic E-state index is 14.1. The fraction of sp³-hybridized carbons (Fsp3) is 0.714. The average molecular weight is 536 g/mol. The molecular formula is C28H39ClFN3O4. The quantitative estimate of drug-likeness (QED) is 0.406. The van der Waals surface area contributed by atoms with Gasteiger partial charge < -0.3 is 20.1 Å². The van der Waals surface area contributed by atoms with Gasteiger partial charge in [0.1, 0.15) is 17.8 Å². The summed E-state index contributed by atoms with van der Waals surface area (Å²) >= 11 is 5.69. The van der Waals surface area contributed by atoms with E-state index in [2.05, 4.69) is 16.0 Å². The third-order valence-electron chi connectivity index (χ3n) is 8.98. The molecule has 0 aromatic heterocycles. The molecule has 5 aliphatic rings. The van der Waals surface area contributed by atoms with Gasteiger partial charge in [0.2, 0.25) is 5.91 Å². The molecule has 2 amide bonds. The summed E-state index contributed by atoms with van der Waals surface area (Å²) in [6.07, 6.45) is 10.7. The number of nitrogens with one attached hydrogen (secondary N) is 3. The molecule has 2 unspecified atom stereocenters. The van der Waals surface area contributed by atoms with Crippen LogP contribution in [-0.2, 0) is 14.3 Å². The number of halogens is 2. The maximum atomic E-state index is 14.1. The Bertz CT molecular complexity index is 993. The normalized spacial score (nSPS) is 33.4. The van der Waals surface area contributed by atoms with Crippen molar-refractivity contribution in [2.45, 2.75) is 94.9 Å². The molecule has 4 saturated carbocycles. The van der Waals surface area contributed by atoms with E-state index < -0.39 is 11.2 Å². The minimum atomic E-state index is -0.585. The molecule has 1 saturated heterocycles. The number of hydrogen-bond acceptors (Lipinski definition) is 5. The van der Waals surface area contributed by atoms with E-state index in [4.69, 9.17) is 21.1 Å². The zero-order valence-electron chi connectivity index (χ0n) is 21.7. The summed E-state index contributed by atoms with van der Waals surface area (Å²) in [5.41, 5.74) is -1.10. The molecule has 6 rings (SSSR count). The van der Waals surface area contributed by atoms with Crippen molar-refractivity contribution in [3.8, 4) is 5.75 Å². The highest BCUT2D eigenvalue weighted by Gasteiger charge is 2.70. The van der Waals surface area contributed by atoms with E-state index in [1.807, 2.05) is 6.92 Å². The van der Waals surface area contributed by atoms with E-state index in [9.17, 15) is 14.0 Å². The molecule has 1 aromatic rings. The van der Waals surface area contributed by atoms with Gasteiger partial charge in [-0.2, -0.15) is 0 Å². The van der Waals surface area contributed by atoms with Crippen LogP contribution in [0.25, 0.3) is 0 Å². The van der Waals surface area contributed by atoms with Crippen LogP contribution >= 0.6 is 11.6 Å². The van der Waals surface area contributed by atoms with Crippen molar-refractivity contribution < 1.29 is 23.5 Å². The average Bonchev–Trinajstić information content (AvgIpc) is 3.13. The molecule has 0 radical (unpaired) electrons. The van der Waals surface area contributed by atoms with Crippen LogP contribution in [0.2, 0.25) is 5.02 Å². The van der Waals surface area contributed by atoms with Crippen LogP contribution in [0.4, 0.5) is 4.39 Å². The van der Waals surface area contributed by atoms with Crippen molar-refractivity contribution >= 4 is 23.4 Å². The summed E-state index contributed by atoms with van der Waals surface area (Å²) in [6.45, 7) is 3.24. The van der Waals surface area contributed by atoms with Gasteiger partial charge in [-0.15, -0.1) is 0 Å². The Labute approximate surface area is 223 Å². The van der Waals surface area contributed by atoms with E-state index in [0.29, 0.717) is 12.5 Å². The topological polar surface area (TPSA) is 88.7 Å². The number of ether oxygens (including phenoxy) is 2. The predicted molar refractivity (Wildman–Crippen MR) is 139 cm³/mol. The number of rotatable bonds is 9. The lowest BCUT2D eigenvalue weighted by Crippen LogP contribution is -2.85. The van der Waals surface area contributed by atoms with Crippen LogP contribution in [0, 0.1) is 17.2 Å². The highest BCUT2D eigenvalue weighted by atomic mass is 35.5. The van der Waals surface area contributed by atoms with Crippen molar-refractivity contribution in [1.29, 1.82) is 0 Å². The van der Waals surface area contributed by atoms with Crippen LogP contribution in [0.1, 0.15) is 77.6 Å².